The second kappa shape index (κ2) is 13.5. The molecule has 1 atom stereocenters. The molecule has 1 unspecified atom stereocenters. The summed E-state index contributed by atoms with van der Waals surface area (Å²) in [6.45, 7) is 5.54. The Morgan fingerprint density at radius 2 is 1.73 bits per heavy atom. The number of carboxylic acid groups (broad SMARTS) is 1. The number of nitrogens with one attached hydrogen (secondary N) is 1. The van der Waals surface area contributed by atoms with Gasteiger partial charge in [0.25, 0.3) is 0 Å². The van der Waals surface area contributed by atoms with Gasteiger partial charge in [-0.1, -0.05) is 25.0 Å². The molecule has 3 rings (SSSR count). The highest BCUT2D eigenvalue weighted by atomic mass is 19.4. The van der Waals surface area contributed by atoms with Gasteiger partial charge in [0.1, 0.15) is 11.3 Å². The minimum atomic E-state index is -4.37. The van der Waals surface area contributed by atoms with Crippen molar-refractivity contribution < 1.29 is 33.0 Å². The van der Waals surface area contributed by atoms with Gasteiger partial charge in [-0.25, -0.2) is 4.99 Å². The summed E-state index contributed by atoms with van der Waals surface area (Å²) in [5, 5.41) is 22.4. The summed E-state index contributed by atoms with van der Waals surface area (Å²) < 4.78 is 38.8. The van der Waals surface area contributed by atoms with Gasteiger partial charge in [0.15, 0.2) is 0 Å². The van der Waals surface area contributed by atoms with Gasteiger partial charge in [0.2, 0.25) is 5.91 Å². The lowest BCUT2D eigenvalue weighted by Crippen LogP contribution is -2.33. The van der Waals surface area contributed by atoms with Crippen LogP contribution in [0, 0.1) is 29.6 Å². The van der Waals surface area contributed by atoms with E-state index >= 15 is 0 Å². The van der Waals surface area contributed by atoms with Crippen LogP contribution >= 0.6 is 0 Å². The van der Waals surface area contributed by atoms with Gasteiger partial charge in [-0.15, -0.1) is 0 Å². The molecule has 1 saturated carbocycles. The summed E-state index contributed by atoms with van der Waals surface area (Å²) in [7, 11) is 0. The molecule has 0 bridgehead atoms. The standard InChI is InChI=1S/C31H39F3N2O4/c1-4-26-22(10-5-20-8-14-24(15-9-20)31(32,33)34)13-16-25(27(36-26)17-18-30(2,3)40)28(37)35-19-21-6-11-23(12-7-21)29(38)39/h8-9,14-15,21-23,40H,4-7,10-13,16,19H2,1-3H3,(H,35,37)(H,38,39). The molecule has 0 radical (unpaired) electrons. The maximum absolute atomic E-state index is 13.3. The zero-order valence-corrected chi connectivity index (χ0v) is 23.4. The number of aryl methyl sites for hydroxylation is 1. The van der Waals surface area contributed by atoms with E-state index in [9.17, 15) is 33.0 Å². The van der Waals surface area contributed by atoms with Gasteiger partial charge < -0.3 is 15.5 Å². The maximum atomic E-state index is 13.3. The maximum Gasteiger partial charge on any atom is 0.416 e. The number of carbonyl (C=O) groups excluding carboxylic acids is 1. The number of aliphatic imine (C=N–C) groups is 1. The van der Waals surface area contributed by atoms with E-state index in [0.29, 0.717) is 62.8 Å². The van der Waals surface area contributed by atoms with Crippen molar-refractivity contribution in [3.8, 4) is 11.8 Å². The van der Waals surface area contributed by atoms with E-state index in [0.717, 1.165) is 36.2 Å². The lowest BCUT2D eigenvalue weighted by atomic mass is 9.82. The summed E-state index contributed by atoms with van der Waals surface area (Å²) in [5.74, 6) is 4.60. The van der Waals surface area contributed by atoms with Gasteiger partial charge in [-0.05, 0) is 107 Å². The van der Waals surface area contributed by atoms with Crippen molar-refractivity contribution in [2.24, 2.45) is 22.7 Å². The number of hydrogen-bond donors (Lipinski definition) is 3. The molecule has 0 spiro atoms. The van der Waals surface area contributed by atoms with Gasteiger partial charge >= 0.3 is 12.1 Å². The van der Waals surface area contributed by atoms with Crippen molar-refractivity contribution in [3.05, 3.63) is 46.7 Å². The van der Waals surface area contributed by atoms with E-state index in [-0.39, 0.29) is 23.7 Å². The van der Waals surface area contributed by atoms with Crippen LogP contribution in [0.4, 0.5) is 13.2 Å². The number of aliphatic carboxylic acids is 1. The molecule has 1 amide bonds. The van der Waals surface area contributed by atoms with E-state index in [1.54, 1.807) is 13.8 Å². The van der Waals surface area contributed by atoms with Crippen LogP contribution < -0.4 is 5.32 Å². The second-order valence-corrected chi connectivity index (χ2v) is 11.3. The highest BCUT2D eigenvalue weighted by molar-refractivity contribution is 5.97. The number of hydrogen-bond acceptors (Lipinski definition) is 4. The van der Waals surface area contributed by atoms with Crippen LogP contribution in [-0.4, -0.2) is 39.9 Å². The van der Waals surface area contributed by atoms with Crippen LogP contribution in [0.1, 0.15) is 83.3 Å². The first-order chi connectivity index (χ1) is 18.8. The van der Waals surface area contributed by atoms with Crippen LogP contribution in [0.15, 0.2) is 40.5 Å². The quantitative estimate of drug-likeness (QED) is 0.343. The van der Waals surface area contributed by atoms with Gasteiger partial charge in [-0.3, -0.25) is 9.59 Å². The first-order valence-electron chi connectivity index (χ1n) is 14.0. The zero-order chi connectivity index (χ0) is 29.5. The zero-order valence-electron chi connectivity index (χ0n) is 23.4. The SMILES string of the molecule is CCC1=NC(C#CC(C)(C)O)=C(C(=O)NCC2CCC(C(=O)O)CC2)CCC1CCc1ccc(C(F)(F)F)cc1. The number of allylic oxidation sites excluding steroid dienone is 1. The van der Waals surface area contributed by atoms with Crippen molar-refractivity contribution in [2.45, 2.75) is 90.3 Å². The monoisotopic (exact) mass is 560 g/mol. The first-order valence-corrected chi connectivity index (χ1v) is 14.0. The molecule has 1 aliphatic carbocycles. The molecule has 2 aliphatic rings. The van der Waals surface area contributed by atoms with Crippen molar-refractivity contribution in [1.82, 2.24) is 5.32 Å². The number of carboxylic acids is 1. The Morgan fingerprint density at radius 3 is 2.27 bits per heavy atom. The van der Waals surface area contributed by atoms with Crippen LogP contribution in [0.3, 0.4) is 0 Å². The third-order valence-electron chi connectivity index (χ3n) is 7.69. The molecule has 1 heterocycles. The van der Waals surface area contributed by atoms with Crippen molar-refractivity contribution in [3.63, 3.8) is 0 Å². The molecule has 0 aromatic heterocycles. The van der Waals surface area contributed by atoms with Crippen molar-refractivity contribution in [2.75, 3.05) is 6.54 Å². The lowest BCUT2D eigenvalue weighted by Gasteiger charge is -2.26. The van der Waals surface area contributed by atoms with E-state index < -0.39 is 23.3 Å². The number of carbonyl (C=O) groups is 2. The van der Waals surface area contributed by atoms with Gasteiger partial charge in [-0.2, -0.15) is 13.2 Å². The van der Waals surface area contributed by atoms with Crippen LogP contribution in [0.2, 0.25) is 0 Å². The molecule has 6 nitrogen and oxygen atoms in total. The smallest absolute Gasteiger partial charge is 0.416 e. The van der Waals surface area contributed by atoms with E-state index in [2.05, 4.69) is 17.2 Å². The molecule has 1 aromatic carbocycles. The minimum Gasteiger partial charge on any atom is -0.481 e. The molecule has 1 aliphatic heterocycles. The molecule has 218 valence electrons. The van der Waals surface area contributed by atoms with Gasteiger partial charge in [0, 0.05) is 12.3 Å². The van der Waals surface area contributed by atoms with Crippen LogP contribution in [0.25, 0.3) is 0 Å². The van der Waals surface area contributed by atoms with Gasteiger partial charge in [0.05, 0.1) is 17.1 Å². The summed E-state index contributed by atoms with van der Waals surface area (Å²) in [6.07, 6.45) is 1.27. The number of aliphatic hydroxyl groups is 1. The Balaban J connectivity index is 1.73. The fraction of sp³-hybridized carbons (Fsp3) is 0.581. The second-order valence-electron chi connectivity index (χ2n) is 11.3. The normalized spacial score (nSPS) is 22.1. The molecule has 1 fully saturated rings. The Kier molecular flexibility index (Phi) is 10.6. The van der Waals surface area contributed by atoms with Crippen molar-refractivity contribution >= 4 is 17.6 Å². The summed E-state index contributed by atoms with van der Waals surface area (Å²) in [6, 6.07) is 5.20. The lowest BCUT2D eigenvalue weighted by molar-refractivity contribution is -0.143. The predicted octanol–water partition coefficient (Wildman–Crippen LogP) is 5.93. The third kappa shape index (κ3) is 9.22. The Bertz CT molecular complexity index is 1180. The summed E-state index contributed by atoms with van der Waals surface area (Å²) in [4.78, 5) is 29.4. The molecule has 40 heavy (non-hydrogen) atoms. The third-order valence-corrected chi connectivity index (χ3v) is 7.69. The molecular weight excluding hydrogens is 521 g/mol. The molecular formula is C31H39F3N2O4. The molecule has 1 aromatic rings. The number of nitrogens with zero attached hydrogens (tertiary/aromatic N) is 1. The minimum absolute atomic E-state index is 0.0304. The van der Waals surface area contributed by atoms with Crippen LogP contribution in [-0.2, 0) is 22.2 Å². The Labute approximate surface area is 234 Å². The average Bonchev–Trinajstić information content (AvgIpc) is 3.08. The number of halogens is 3. The first kappa shape index (κ1) is 31.4. The fourth-order valence-electron chi connectivity index (χ4n) is 5.28. The summed E-state index contributed by atoms with van der Waals surface area (Å²) >= 11 is 0. The Morgan fingerprint density at radius 1 is 1.07 bits per heavy atom. The van der Waals surface area contributed by atoms with E-state index in [1.807, 2.05) is 6.92 Å². The molecule has 3 N–H and O–H groups in total. The Hall–Kier alpha value is -3.12. The topological polar surface area (TPSA) is 99.0 Å². The van der Waals surface area contributed by atoms with Crippen molar-refractivity contribution in [1.29, 1.82) is 0 Å². The molecule has 9 heteroatoms. The highest BCUT2D eigenvalue weighted by Gasteiger charge is 2.30. The largest absolute Gasteiger partial charge is 0.481 e. The van der Waals surface area contributed by atoms with Crippen LogP contribution in [0.5, 0.6) is 0 Å². The summed E-state index contributed by atoms with van der Waals surface area (Å²) in [5.41, 5.74) is 0.529. The molecule has 0 saturated heterocycles. The van der Waals surface area contributed by atoms with E-state index in [1.165, 1.54) is 12.1 Å². The number of benzene rings is 1. The predicted molar refractivity (Wildman–Crippen MR) is 147 cm³/mol. The highest BCUT2D eigenvalue weighted by Crippen LogP contribution is 2.32. The number of amides is 1. The average molecular weight is 561 g/mol. The number of alkyl halides is 3. The van der Waals surface area contributed by atoms with E-state index in [4.69, 9.17) is 4.99 Å². The number of rotatable bonds is 8. The fourth-order valence-corrected chi connectivity index (χ4v) is 5.28.